The molecule has 0 fully saturated rings. The fourth-order valence-electron chi connectivity index (χ4n) is 1.88. The van der Waals surface area contributed by atoms with E-state index in [1.807, 2.05) is 0 Å². The van der Waals surface area contributed by atoms with E-state index < -0.39 is 11.9 Å². The minimum absolute atomic E-state index is 0.232. The van der Waals surface area contributed by atoms with E-state index in [-0.39, 0.29) is 5.56 Å². The summed E-state index contributed by atoms with van der Waals surface area (Å²) < 4.78 is 13.5. The zero-order valence-corrected chi connectivity index (χ0v) is 10.5. The van der Waals surface area contributed by atoms with Crippen LogP contribution in [-0.2, 0) is 0 Å². The highest BCUT2D eigenvalue weighted by Crippen LogP contribution is 2.31. The molecule has 0 bridgehead atoms. The summed E-state index contributed by atoms with van der Waals surface area (Å²) in [7, 11) is 0. The number of hydrogen-bond acceptors (Lipinski definition) is 1. The molecule has 0 aromatic heterocycles. The molecule has 0 saturated heterocycles. The monoisotopic (exact) mass is 244 g/mol. The van der Waals surface area contributed by atoms with Crippen molar-refractivity contribution in [2.75, 3.05) is 0 Å². The highest BCUT2D eigenvalue weighted by Gasteiger charge is 2.19. The van der Waals surface area contributed by atoms with Gasteiger partial charge in [-0.2, -0.15) is 0 Å². The van der Waals surface area contributed by atoms with Gasteiger partial charge < -0.3 is 5.11 Å². The van der Waals surface area contributed by atoms with Gasteiger partial charge in [0.05, 0.1) is 6.10 Å². The summed E-state index contributed by atoms with van der Waals surface area (Å²) in [4.78, 5) is 0. The van der Waals surface area contributed by atoms with Gasteiger partial charge in [-0.05, 0) is 24.5 Å². The highest BCUT2D eigenvalue weighted by molar-refractivity contribution is 6.31. The number of halogens is 2. The maximum Gasteiger partial charge on any atom is 0.130 e. The third-order valence-electron chi connectivity index (χ3n) is 3.04. The van der Waals surface area contributed by atoms with Gasteiger partial charge in [0, 0.05) is 10.6 Å². The smallest absolute Gasteiger partial charge is 0.130 e. The molecular weight excluding hydrogens is 227 g/mol. The van der Waals surface area contributed by atoms with E-state index in [9.17, 15) is 9.50 Å². The van der Waals surface area contributed by atoms with Crippen LogP contribution in [0.1, 0.15) is 44.8 Å². The predicted octanol–water partition coefficient (Wildman–Crippen LogP) is 4.34. The van der Waals surface area contributed by atoms with E-state index >= 15 is 0 Å². The Morgan fingerprint density at radius 2 is 1.94 bits per heavy atom. The first kappa shape index (κ1) is 13.5. The largest absolute Gasteiger partial charge is 0.388 e. The summed E-state index contributed by atoms with van der Waals surface area (Å²) in [5, 5.41) is 10.3. The molecule has 1 unspecified atom stereocenters. The van der Waals surface area contributed by atoms with Crippen LogP contribution in [0.5, 0.6) is 0 Å². The highest BCUT2D eigenvalue weighted by atomic mass is 35.5. The molecule has 16 heavy (non-hydrogen) atoms. The molecule has 1 atom stereocenters. The van der Waals surface area contributed by atoms with Crippen molar-refractivity contribution in [1.29, 1.82) is 0 Å². The van der Waals surface area contributed by atoms with Crippen LogP contribution in [-0.4, -0.2) is 5.11 Å². The summed E-state index contributed by atoms with van der Waals surface area (Å²) in [5.74, 6) is -0.0170. The number of benzene rings is 1. The van der Waals surface area contributed by atoms with E-state index in [1.165, 1.54) is 6.07 Å². The Kier molecular flexibility index (Phi) is 5.23. The molecule has 1 aromatic rings. The Morgan fingerprint density at radius 1 is 1.31 bits per heavy atom. The van der Waals surface area contributed by atoms with Crippen LogP contribution in [0.4, 0.5) is 4.39 Å². The normalized spacial score (nSPS) is 13.1. The molecule has 0 amide bonds. The van der Waals surface area contributed by atoms with Crippen molar-refractivity contribution in [3.63, 3.8) is 0 Å². The fourth-order valence-corrected chi connectivity index (χ4v) is 2.17. The zero-order chi connectivity index (χ0) is 12.1. The van der Waals surface area contributed by atoms with Gasteiger partial charge in [0.2, 0.25) is 0 Å². The third kappa shape index (κ3) is 3.19. The van der Waals surface area contributed by atoms with Gasteiger partial charge in [-0.1, -0.05) is 44.4 Å². The van der Waals surface area contributed by atoms with Crippen molar-refractivity contribution in [2.24, 2.45) is 5.92 Å². The van der Waals surface area contributed by atoms with Gasteiger partial charge in [-0.25, -0.2) is 4.39 Å². The standard InChI is InChI=1S/C13H18ClFO/c1-3-9(4-2)8-12(16)13-10(14)6-5-7-11(13)15/h5-7,9,12,16H,3-4,8H2,1-2H3. The second kappa shape index (κ2) is 6.21. The predicted molar refractivity (Wildman–Crippen MR) is 65.1 cm³/mol. The molecule has 0 aliphatic rings. The van der Waals surface area contributed by atoms with Gasteiger partial charge >= 0.3 is 0 Å². The van der Waals surface area contributed by atoms with Gasteiger partial charge in [0.25, 0.3) is 0 Å². The minimum Gasteiger partial charge on any atom is -0.388 e. The van der Waals surface area contributed by atoms with Gasteiger partial charge in [0.15, 0.2) is 0 Å². The van der Waals surface area contributed by atoms with E-state index in [4.69, 9.17) is 11.6 Å². The average molecular weight is 245 g/mol. The van der Waals surface area contributed by atoms with Crippen LogP contribution >= 0.6 is 11.6 Å². The van der Waals surface area contributed by atoms with E-state index in [2.05, 4.69) is 13.8 Å². The van der Waals surface area contributed by atoms with Crippen molar-refractivity contribution in [3.8, 4) is 0 Å². The van der Waals surface area contributed by atoms with E-state index in [0.29, 0.717) is 17.4 Å². The average Bonchev–Trinajstić information content (AvgIpc) is 2.25. The SMILES string of the molecule is CCC(CC)CC(O)c1c(F)cccc1Cl. The Bertz CT molecular complexity index is 316. The summed E-state index contributed by atoms with van der Waals surface area (Å²) in [6.07, 6.45) is 1.73. The first-order chi connectivity index (χ1) is 7.60. The Hall–Kier alpha value is -0.600. The molecule has 0 spiro atoms. The van der Waals surface area contributed by atoms with Gasteiger partial charge in [-0.3, -0.25) is 0 Å². The topological polar surface area (TPSA) is 20.2 Å². The Balaban J connectivity index is 2.83. The summed E-state index contributed by atoms with van der Waals surface area (Å²) in [6.45, 7) is 4.15. The minimum atomic E-state index is -0.807. The molecule has 0 heterocycles. The molecule has 0 saturated carbocycles. The van der Waals surface area contributed by atoms with Gasteiger partial charge in [0.1, 0.15) is 5.82 Å². The quantitative estimate of drug-likeness (QED) is 0.817. The van der Waals surface area contributed by atoms with Crippen LogP contribution in [0.3, 0.4) is 0 Å². The number of aliphatic hydroxyl groups excluding tert-OH is 1. The first-order valence-corrected chi connectivity index (χ1v) is 6.09. The lowest BCUT2D eigenvalue weighted by molar-refractivity contribution is 0.137. The van der Waals surface area contributed by atoms with Crippen molar-refractivity contribution in [1.82, 2.24) is 0 Å². The number of hydrogen-bond donors (Lipinski definition) is 1. The fraction of sp³-hybridized carbons (Fsp3) is 0.538. The molecule has 0 aliphatic carbocycles. The lowest BCUT2D eigenvalue weighted by Gasteiger charge is -2.19. The molecular formula is C13H18ClFO. The van der Waals surface area contributed by atoms with E-state index in [0.717, 1.165) is 12.8 Å². The lowest BCUT2D eigenvalue weighted by Crippen LogP contribution is -2.08. The van der Waals surface area contributed by atoms with Crippen LogP contribution in [0.25, 0.3) is 0 Å². The summed E-state index contributed by atoms with van der Waals surface area (Å²) >= 11 is 5.89. The third-order valence-corrected chi connectivity index (χ3v) is 3.37. The van der Waals surface area contributed by atoms with Crippen LogP contribution in [0.2, 0.25) is 5.02 Å². The lowest BCUT2D eigenvalue weighted by atomic mass is 9.92. The van der Waals surface area contributed by atoms with Crippen molar-refractivity contribution in [2.45, 2.75) is 39.2 Å². The maximum atomic E-state index is 13.5. The van der Waals surface area contributed by atoms with Crippen LogP contribution < -0.4 is 0 Å². The van der Waals surface area contributed by atoms with Gasteiger partial charge in [-0.15, -0.1) is 0 Å². The molecule has 0 radical (unpaired) electrons. The zero-order valence-electron chi connectivity index (χ0n) is 9.71. The van der Waals surface area contributed by atoms with E-state index in [1.54, 1.807) is 12.1 Å². The summed E-state index contributed by atoms with van der Waals surface area (Å²) in [6, 6.07) is 4.48. The number of aliphatic hydroxyl groups is 1. The maximum absolute atomic E-state index is 13.5. The molecule has 90 valence electrons. The van der Waals surface area contributed by atoms with Crippen molar-refractivity contribution >= 4 is 11.6 Å². The molecule has 1 aromatic carbocycles. The Labute approximate surface area is 101 Å². The first-order valence-electron chi connectivity index (χ1n) is 5.72. The molecule has 3 heteroatoms. The second-order valence-electron chi connectivity index (χ2n) is 4.07. The Morgan fingerprint density at radius 3 is 2.44 bits per heavy atom. The summed E-state index contributed by atoms with van der Waals surface area (Å²) in [5.41, 5.74) is 0.232. The van der Waals surface area contributed by atoms with Crippen molar-refractivity contribution in [3.05, 3.63) is 34.6 Å². The number of rotatable bonds is 5. The molecule has 0 aliphatic heterocycles. The van der Waals surface area contributed by atoms with Crippen LogP contribution in [0.15, 0.2) is 18.2 Å². The van der Waals surface area contributed by atoms with Crippen LogP contribution in [0, 0.1) is 11.7 Å². The van der Waals surface area contributed by atoms with Crippen molar-refractivity contribution < 1.29 is 9.50 Å². The molecule has 1 N–H and O–H groups in total. The second-order valence-corrected chi connectivity index (χ2v) is 4.48. The molecule has 1 nitrogen and oxygen atoms in total. The molecule has 1 rings (SSSR count).